The lowest BCUT2D eigenvalue weighted by Gasteiger charge is -2.35. The minimum Gasteiger partial charge on any atom is -0.422 e. The predicted molar refractivity (Wildman–Crippen MR) is 46.5 cm³/mol. The van der Waals surface area contributed by atoms with Crippen molar-refractivity contribution in [3.63, 3.8) is 0 Å². The first kappa shape index (κ1) is 9.57. The molecule has 0 aromatic heterocycles. The number of carbonyl (C=O) groups excluding carboxylic acids is 2. The highest BCUT2D eigenvalue weighted by molar-refractivity contribution is 9.11. The van der Waals surface area contributed by atoms with Gasteiger partial charge in [0.25, 0.3) is 5.79 Å². The van der Waals surface area contributed by atoms with Crippen LogP contribution < -0.4 is 0 Å². The van der Waals surface area contributed by atoms with Gasteiger partial charge in [-0.1, -0.05) is 15.9 Å². The van der Waals surface area contributed by atoms with Gasteiger partial charge in [0.2, 0.25) is 0 Å². The lowest BCUT2D eigenvalue weighted by atomic mass is 9.86. The van der Waals surface area contributed by atoms with E-state index in [1.54, 1.807) is 0 Å². The molecule has 0 amide bonds. The van der Waals surface area contributed by atoms with Crippen LogP contribution in [0, 0.1) is 0 Å². The zero-order chi connectivity index (χ0) is 9.57. The highest BCUT2D eigenvalue weighted by atomic mass is 79.9. The van der Waals surface area contributed by atoms with Gasteiger partial charge < -0.3 is 9.47 Å². The molecular weight excluding hydrogens is 227 g/mol. The quantitative estimate of drug-likeness (QED) is 0.247. The molecule has 66 valence electrons. The second kappa shape index (κ2) is 2.48. The summed E-state index contributed by atoms with van der Waals surface area (Å²) >= 11 is 2.93. The van der Waals surface area contributed by atoms with Gasteiger partial charge in [-0.3, -0.25) is 9.59 Å². The van der Waals surface area contributed by atoms with Crippen molar-refractivity contribution in [3.8, 4) is 0 Å². The molecule has 0 atom stereocenters. The first-order valence-corrected chi connectivity index (χ1v) is 4.21. The smallest absolute Gasteiger partial charge is 0.328 e. The van der Waals surface area contributed by atoms with Gasteiger partial charge in [-0.25, -0.2) is 0 Å². The van der Waals surface area contributed by atoms with Crippen LogP contribution >= 0.6 is 15.9 Å². The topological polar surface area (TPSA) is 52.6 Å². The number of esters is 2. The van der Waals surface area contributed by atoms with Crippen molar-refractivity contribution in [2.75, 3.05) is 0 Å². The van der Waals surface area contributed by atoms with Crippen LogP contribution in [0.5, 0.6) is 0 Å². The fourth-order valence-corrected chi connectivity index (χ4v) is 0.904. The van der Waals surface area contributed by atoms with Gasteiger partial charge in [0, 0.05) is 13.8 Å². The maximum absolute atomic E-state index is 11.2. The summed E-state index contributed by atoms with van der Waals surface area (Å²) in [5, 5.41) is 0. The second-order valence-electron chi connectivity index (χ2n) is 3.18. The molecule has 1 rings (SSSR count). The van der Waals surface area contributed by atoms with Crippen molar-refractivity contribution >= 4 is 35.7 Å². The molecule has 0 bridgehead atoms. The molecule has 1 aliphatic rings. The Balaban J connectivity index is 2.93. The number of hydrogen-bond acceptors (Lipinski definition) is 4. The van der Waals surface area contributed by atoms with Gasteiger partial charge in [0.15, 0.2) is 12.1 Å². The van der Waals surface area contributed by atoms with Crippen molar-refractivity contribution in [2.45, 2.75) is 23.9 Å². The molecule has 1 aliphatic heterocycles. The summed E-state index contributed by atoms with van der Waals surface area (Å²) in [6.45, 7) is 3.01. The van der Waals surface area contributed by atoms with Gasteiger partial charge in [-0.2, -0.15) is 0 Å². The van der Waals surface area contributed by atoms with Crippen molar-refractivity contribution < 1.29 is 19.1 Å². The van der Waals surface area contributed by atoms with E-state index in [0.29, 0.717) is 0 Å². The fourth-order valence-electron chi connectivity index (χ4n) is 0.742. The molecular formula is C6H8BBrO4. The number of cyclic esters (lactones) is 2. The van der Waals surface area contributed by atoms with E-state index >= 15 is 0 Å². The molecule has 1 fully saturated rings. The van der Waals surface area contributed by atoms with Gasteiger partial charge in [0.05, 0.1) is 0 Å². The molecule has 1 saturated heterocycles. The molecule has 0 N–H and O–H groups in total. The Morgan fingerprint density at radius 3 is 1.92 bits per heavy atom. The average molecular weight is 235 g/mol. The lowest BCUT2D eigenvalue weighted by molar-refractivity contribution is -0.232. The van der Waals surface area contributed by atoms with Crippen molar-refractivity contribution in [1.29, 1.82) is 0 Å². The van der Waals surface area contributed by atoms with E-state index in [2.05, 4.69) is 15.9 Å². The molecule has 0 saturated carbocycles. The van der Waals surface area contributed by atoms with Crippen LogP contribution in [0.15, 0.2) is 0 Å². The van der Waals surface area contributed by atoms with Gasteiger partial charge in [-0.15, -0.1) is 0 Å². The molecule has 0 aromatic rings. The summed E-state index contributed by atoms with van der Waals surface area (Å²) in [5.74, 6) is -2.39. The van der Waals surface area contributed by atoms with Crippen LogP contribution in [0.25, 0.3) is 0 Å². The molecule has 1 heterocycles. The third-order valence-electron chi connectivity index (χ3n) is 1.44. The van der Waals surface area contributed by atoms with E-state index in [0.717, 1.165) is 0 Å². The molecule has 6 heteroatoms. The van der Waals surface area contributed by atoms with Crippen LogP contribution in [-0.2, 0) is 19.1 Å². The summed E-state index contributed by atoms with van der Waals surface area (Å²) in [6.07, 6.45) is 0. The van der Waals surface area contributed by atoms with Gasteiger partial charge in [-0.05, 0) is 0 Å². The minimum absolute atomic E-state index is 0.622. The van der Waals surface area contributed by atoms with Crippen molar-refractivity contribution in [2.24, 2.45) is 0 Å². The molecule has 0 unspecified atom stereocenters. The highest BCUT2D eigenvalue weighted by Gasteiger charge is 2.50. The molecule has 12 heavy (non-hydrogen) atoms. The van der Waals surface area contributed by atoms with E-state index < -0.39 is 21.9 Å². The van der Waals surface area contributed by atoms with E-state index in [1.807, 2.05) is 0 Å². The highest BCUT2D eigenvalue weighted by Crippen LogP contribution is 2.29. The van der Waals surface area contributed by atoms with Gasteiger partial charge in [0.1, 0.15) is 0 Å². The zero-order valence-corrected chi connectivity index (χ0v) is 8.60. The number of rotatable bonds is 0. The Morgan fingerprint density at radius 2 is 1.58 bits per heavy atom. The van der Waals surface area contributed by atoms with Crippen LogP contribution in [0.3, 0.4) is 0 Å². The number of alkyl halides is 1. The number of hydrogen-bond donors (Lipinski definition) is 0. The van der Waals surface area contributed by atoms with Crippen molar-refractivity contribution in [1.82, 2.24) is 0 Å². The summed E-state index contributed by atoms with van der Waals surface area (Å²) < 4.78 is 8.30. The Labute approximate surface area is 79.1 Å². The summed E-state index contributed by atoms with van der Waals surface area (Å²) in [7, 11) is 1.40. The van der Waals surface area contributed by atoms with Crippen LogP contribution in [0.2, 0.25) is 0 Å². The zero-order valence-electron chi connectivity index (χ0n) is 7.01. The van der Waals surface area contributed by atoms with Crippen LogP contribution in [-0.4, -0.2) is 29.8 Å². The van der Waals surface area contributed by atoms with Crippen LogP contribution in [0.1, 0.15) is 13.8 Å². The Bertz CT molecular complexity index is 226. The van der Waals surface area contributed by atoms with Crippen LogP contribution in [0.4, 0.5) is 0 Å². The lowest BCUT2D eigenvalue weighted by Crippen LogP contribution is -2.55. The Hall–Kier alpha value is -0.515. The molecule has 0 spiro atoms. The first-order chi connectivity index (χ1) is 5.26. The summed E-state index contributed by atoms with van der Waals surface area (Å²) in [4.78, 5) is 22.3. The first-order valence-electron chi connectivity index (χ1n) is 3.41. The van der Waals surface area contributed by atoms with E-state index in [1.165, 1.54) is 21.7 Å². The molecule has 0 radical (unpaired) electrons. The van der Waals surface area contributed by atoms with E-state index in [-0.39, 0.29) is 0 Å². The standard InChI is InChI=1S/C6H8BBrO4/c1-5(2)11-3(9)6(7,8)4(10)12-5/h7H2,1-2H3. The number of ether oxygens (including phenoxy) is 2. The van der Waals surface area contributed by atoms with E-state index in [4.69, 9.17) is 9.47 Å². The predicted octanol–water partition coefficient (Wildman–Crippen LogP) is -0.453. The third kappa shape index (κ3) is 1.48. The fraction of sp³-hybridized carbons (Fsp3) is 0.667. The Morgan fingerprint density at radius 1 is 1.25 bits per heavy atom. The molecule has 0 aliphatic carbocycles. The summed E-state index contributed by atoms with van der Waals surface area (Å²) in [6, 6.07) is 0. The number of halogens is 1. The van der Waals surface area contributed by atoms with E-state index in [9.17, 15) is 9.59 Å². The Kier molecular flexibility index (Phi) is 1.98. The second-order valence-corrected chi connectivity index (χ2v) is 4.77. The third-order valence-corrected chi connectivity index (χ3v) is 2.09. The largest absolute Gasteiger partial charge is 0.422 e. The van der Waals surface area contributed by atoms with Crippen molar-refractivity contribution in [3.05, 3.63) is 0 Å². The maximum atomic E-state index is 11.2. The normalized spacial score (nSPS) is 25.9. The SMILES string of the molecule is BC1(Br)C(=O)OC(C)(C)OC1=O. The van der Waals surface area contributed by atoms with Gasteiger partial charge >= 0.3 is 11.9 Å². The summed E-state index contributed by atoms with van der Waals surface area (Å²) in [5.41, 5.74) is 0. The monoisotopic (exact) mass is 234 g/mol. The molecule has 0 aromatic carbocycles. The number of carbonyl (C=O) groups is 2. The maximum Gasteiger partial charge on any atom is 0.328 e. The average Bonchev–Trinajstić information content (AvgIpc) is 1.82. The molecule has 4 nitrogen and oxygen atoms in total. The minimum atomic E-state index is -1.36.